The lowest BCUT2D eigenvalue weighted by molar-refractivity contribution is 0.600. The molecule has 0 atom stereocenters. The maximum absolute atomic E-state index is 13.3. The Morgan fingerprint density at radius 3 is 2.71 bits per heavy atom. The second kappa shape index (κ2) is 5.92. The van der Waals surface area contributed by atoms with Gasteiger partial charge in [0.1, 0.15) is 21.4 Å². The molecule has 0 aliphatic carbocycles. The number of nitrogens with two attached hydrogens (primary N) is 1. The number of nitrogens with one attached hydrogen (secondary N) is 1. The monoisotopic (exact) mass is 345 g/mol. The molecule has 2 rings (SSSR count). The van der Waals surface area contributed by atoms with E-state index >= 15 is 0 Å². The number of thiocarbonyl (C=S) groups is 1. The Morgan fingerprint density at radius 2 is 2.10 bits per heavy atom. The summed E-state index contributed by atoms with van der Waals surface area (Å²) in [6.45, 7) is 0. The summed E-state index contributed by atoms with van der Waals surface area (Å²) in [6, 6.07) is 6.28. The molecule has 0 spiro atoms. The number of pyridine rings is 1. The van der Waals surface area contributed by atoms with E-state index in [1.807, 2.05) is 0 Å². The first-order chi connectivity index (χ1) is 9.81. The zero-order valence-electron chi connectivity index (χ0n) is 10.4. The van der Waals surface area contributed by atoms with Gasteiger partial charge in [0.25, 0.3) is 10.0 Å². The molecule has 0 bridgehead atoms. The summed E-state index contributed by atoms with van der Waals surface area (Å²) in [5.74, 6) is -0.738. The average Bonchev–Trinajstić information content (AvgIpc) is 2.42. The van der Waals surface area contributed by atoms with Gasteiger partial charge in [0.05, 0.1) is 10.7 Å². The van der Waals surface area contributed by atoms with Crippen molar-refractivity contribution in [1.29, 1.82) is 0 Å². The number of hydrogen-bond acceptors (Lipinski definition) is 4. The lowest BCUT2D eigenvalue weighted by atomic mass is 10.3. The van der Waals surface area contributed by atoms with Gasteiger partial charge in [0.2, 0.25) is 0 Å². The van der Waals surface area contributed by atoms with Crippen LogP contribution in [0.25, 0.3) is 0 Å². The molecular formula is C12H9ClFN3O2S2. The van der Waals surface area contributed by atoms with Crippen molar-refractivity contribution in [1.82, 2.24) is 4.98 Å². The van der Waals surface area contributed by atoms with Gasteiger partial charge in [-0.3, -0.25) is 9.71 Å². The van der Waals surface area contributed by atoms with Gasteiger partial charge in [-0.2, -0.15) is 0 Å². The minimum atomic E-state index is -4.01. The van der Waals surface area contributed by atoms with E-state index in [9.17, 15) is 12.8 Å². The summed E-state index contributed by atoms with van der Waals surface area (Å²) < 4.78 is 40.2. The van der Waals surface area contributed by atoms with Crippen LogP contribution in [0.1, 0.15) is 5.69 Å². The number of anilines is 1. The van der Waals surface area contributed by atoms with Gasteiger partial charge in [-0.05, 0) is 30.3 Å². The standard InChI is InChI=1S/C12H9ClFN3O2S2/c13-8-4-3-7(6-9(8)14)17-21(18,19)10-2-1-5-16-11(10)12(15)20/h1-6,17H,(H2,15,20). The quantitative estimate of drug-likeness (QED) is 0.830. The number of rotatable bonds is 4. The summed E-state index contributed by atoms with van der Waals surface area (Å²) in [7, 11) is -4.01. The van der Waals surface area contributed by atoms with Gasteiger partial charge in [-0.25, -0.2) is 12.8 Å². The summed E-state index contributed by atoms with van der Waals surface area (Å²) in [4.78, 5) is 3.50. The normalized spacial score (nSPS) is 11.1. The third kappa shape index (κ3) is 3.46. The summed E-state index contributed by atoms with van der Waals surface area (Å²) >= 11 is 10.3. The third-order valence-corrected chi connectivity index (χ3v) is 4.38. The molecule has 1 aromatic heterocycles. The minimum Gasteiger partial charge on any atom is -0.388 e. The van der Waals surface area contributed by atoms with E-state index < -0.39 is 15.8 Å². The van der Waals surface area contributed by atoms with Crippen LogP contribution in [0.15, 0.2) is 41.4 Å². The molecule has 0 amide bonds. The zero-order chi connectivity index (χ0) is 15.6. The average molecular weight is 346 g/mol. The number of nitrogens with zero attached hydrogens (tertiary/aromatic N) is 1. The molecular weight excluding hydrogens is 337 g/mol. The van der Waals surface area contributed by atoms with Gasteiger partial charge in [0.15, 0.2) is 0 Å². The number of aromatic nitrogens is 1. The number of benzene rings is 1. The second-order valence-electron chi connectivity index (χ2n) is 3.95. The Kier molecular flexibility index (Phi) is 4.40. The van der Waals surface area contributed by atoms with E-state index in [1.165, 1.54) is 30.5 Å². The molecule has 2 aromatic rings. The molecule has 0 unspecified atom stereocenters. The highest BCUT2D eigenvalue weighted by Gasteiger charge is 2.21. The smallest absolute Gasteiger partial charge is 0.264 e. The molecule has 9 heteroatoms. The van der Waals surface area contributed by atoms with Crippen molar-refractivity contribution in [2.75, 3.05) is 4.72 Å². The molecule has 0 saturated heterocycles. The summed E-state index contributed by atoms with van der Waals surface area (Å²) in [5, 5.41) is -0.108. The molecule has 0 saturated carbocycles. The summed E-state index contributed by atoms with van der Waals surface area (Å²) in [5.41, 5.74) is 5.44. The largest absolute Gasteiger partial charge is 0.388 e. The Bertz CT molecular complexity index is 812. The first-order valence-corrected chi connectivity index (χ1v) is 7.81. The Morgan fingerprint density at radius 1 is 1.38 bits per heavy atom. The topological polar surface area (TPSA) is 85.1 Å². The molecule has 21 heavy (non-hydrogen) atoms. The van der Waals surface area contributed by atoms with E-state index in [0.29, 0.717) is 0 Å². The molecule has 1 heterocycles. The maximum atomic E-state index is 13.3. The van der Waals surface area contributed by atoms with Gasteiger partial charge >= 0.3 is 0 Å². The zero-order valence-corrected chi connectivity index (χ0v) is 12.8. The number of hydrogen-bond donors (Lipinski definition) is 2. The van der Waals surface area contributed by atoms with E-state index in [1.54, 1.807) is 0 Å². The van der Waals surface area contributed by atoms with E-state index in [2.05, 4.69) is 9.71 Å². The van der Waals surface area contributed by atoms with Crippen LogP contribution in [-0.2, 0) is 10.0 Å². The molecule has 0 fully saturated rings. The van der Waals surface area contributed by atoms with E-state index in [4.69, 9.17) is 29.6 Å². The molecule has 0 aliphatic heterocycles. The van der Waals surface area contributed by atoms with Crippen molar-refractivity contribution < 1.29 is 12.8 Å². The first-order valence-electron chi connectivity index (χ1n) is 5.54. The summed E-state index contributed by atoms with van der Waals surface area (Å²) in [6.07, 6.45) is 1.37. The number of halogens is 2. The van der Waals surface area contributed by atoms with Crippen molar-refractivity contribution >= 4 is 44.5 Å². The van der Waals surface area contributed by atoms with Crippen LogP contribution >= 0.6 is 23.8 Å². The Hall–Kier alpha value is -1.77. The van der Waals surface area contributed by atoms with Crippen LogP contribution in [0.3, 0.4) is 0 Å². The fraction of sp³-hybridized carbons (Fsp3) is 0. The van der Waals surface area contributed by atoms with Gasteiger partial charge in [-0.1, -0.05) is 23.8 Å². The second-order valence-corrected chi connectivity index (χ2v) is 6.45. The maximum Gasteiger partial charge on any atom is 0.264 e. The van der Waals surface area contributed by atoms with Gasteiger partial charge in [-0.15, -0.1) is 0 Å². The number of sulfonamides is 1. The Labute approximate surface area is 131 Å². The molecule has 0 aliphatic rings. The first kappa shape index (κ1) is 15.6. The van der Waals surface area contributed by atoms with Crippen LogP contribution in [0, 0.1) is 5.82 Å². The van der Waals surface area contributed by atoms with Gasteiger partial charge in [0, 0.05) is 6.20 Å². The lowest BCUT2D eigenvalue weighted by Crippen LogP contribution is -2.21. The van der Waals surface area contributed by atoms with Crippen LogP contribution in [0.4, 0.5) is 10.1 Å². The molecule has 110 valence electrons. The minimum absolute atomic E-state index is 0.0228. The lowest BCUT2D eigenvalue weighted by Gasteiger charge is -2.11. The van der Waals surface area contributed by atoms with Crippen LogP contribution < -0.4 is 10.5 Å². The SMILES string of the molecule is NC(=S)c1ncccc1S(=O)(=O)Nc1ccc(Cl)c(F)c1. The fourth-order valence-electron chi connectivity index (χ4n) is 1.56. The molecule has 5 nitrogen and oxygen atoms in total. The van der Waals surface area contributed by atoms with Crippen molar-refractivity contribution in [3.05, 3.63) is 53.1 Å². The van der Waals surface area contributed by atoms with Crippen molar-refractivity contribution in [3.63, 3.8) is 0 Å². The van der Waals surface area contributed by atoms with Crippen molar-refractivity contribution in [3.8, 4) is 0 Å². The van der Waals surface area contributed by atoms with Crippen LogP contribution in [-0.4, -0.2) is 18.4 Å². The van der Waals surface area contributed by atoms with Crippen LogP contribution in [0.5, 0.6) is 0 Å². The highest BCUT2D eigenvalue weighted by atomic mass is 35.5. The van der Waals surface area contributed by atoms with E-state index in [-0.39, 0.29) is 26.3 Å². The van der Waals surface area contributed by atoms with Crippen LogP contribution in [0.2, 0.25) is 5.02 Å². The molecule has 1 aromatic carbocycles. The fourth-order valence-corrected chi connectivity index (χ4v) is 3.13. The third-order valence-electron chi connectivity index (χ3n) is 2.47. The van der Waals surface area contributed by atoms with Crippen molar-refractivity contribution in [2.24, 2.45) is 5.73 Å². The molecule has 0 radical (unpaired) electrons. The van der Waals surface area contributed by atoms with Crippen molar-refractivity contribution in [2.45, 2.75) is 4.90 Å². The predicted octanol–water partition coefficient (Wildman–Crippen LogP) is 2.31. The Balaban J connectivity index is 2.43. The van der Waals surface area contributed by atoms with E-state index in [0.717, 1.165) is 6.07 Å². The predicted molar refractivity (Wildman–Crippen MR) is 82.3 cm³/mol. The van der Waals surface area contributed by atoms with Gasteiger partial charge < -0.3 is 5.73 Å². The highest BCUT2D eigenvalue weighted by Crippen LogP contribution is 2.22. The highest BCUT2D eigenvalue weighted by molar-refractivity contribution is 7.93. The molecule has 3 N–H and O–H groups in total.